The molecule has 1 unspecified atom stereocenters. The van der Waals surface area contributed by atoms with Gasteiger partial charge in [0.2, 0.25) is 0 Å². The summed E-state index contributed by atoms with van der Waals surface area (Å²) in [6, 6.07) is 5.13. The van der Waals surface area contributed by atoms with E-state index in [1.807, 2.05) is 6.92 Å². The molecule has 1 N–H and O–H groups in total. The highest BCUT2D eigenvalue weighted by Crippen LogP contribution is 2.25. The summed E-state index contributed by atoms with van der Waals surface area (Å²) in [7, 11) is 0. The summed E-state index contributed by atoms with van der Waals surface area (Å²) in [6.07, 6.45) is 4.93. The van der Waals surface area contributed by atoms with Crippen LogP contribution in [0.4, 0.5) is 0 Å². The Hall–Kier alpha value is -1.65. The fourth-order valence-corrected chi connectivity index (χ4v) is 1.85. The fraction of sp³-hybridized carbons (Fsp3) is 0.286. The smallest absolute Gasteiger partial charge is 0.137 e. The van der Waals surface area contributed by atoms with Crippen molar-refractivity contribution in [2.45, 2.75) is 19.4 Å². The van der Waals surface area contributed by atoms with Crippen LogP contribution in [-0.2, 0) is 0 Å². The average Bonchev–Trinajstić information content (AvgIpc) is 2.44. The molecule has 19 heavy (non-hydrogen) atoms. The third-order valence-electron chi connectivity index (χ3n) is 2.59. The third-order valence-corrected chi connectivity index (χ3v) is 2.80. The molecule has 5 heteroatoms. The lowest BCUT2D eigenvalue weighted by molar-refractivity contribution is 0.218. The molecular formula is C14H15ClN2O2. The maximum absolute atomic E-state index is 10.3. The highest BCUT2D eigenvalue weighted by molar-refractivity contribution is 6.29. The van der Waals surface area contributed by atoms with Crippen LogP contribution < -0.4 is 4.74 Å². The summed E-state index contributed by atoms with van der Waals surface area (Å²) in [4.78, 5) is 7.96. The number of hydrogen-bond acceptors (Lipinski definition) is 4. The number of aliphatic hydroxyl groups excluding tert-OH is 1. The fourth-order valence-electron chi connectivity index (χ4n) is 1.66. The van der Waals surface area contributed by atoms with Gasteiger partial charge >= 0.3 is 0 Å². The number of pyridine rings is 2. The van der Waals surface area contributed by atoms with Crippen molar-refractivity contribution >= 4 is 11.6 Å². The number of nitrogens with zero attached hydrogens (tertiary/aromatic N) is 2. The van der Waals surface area contributed by atoms with Crippen molar-refractivity contribution in [3.63, 3.8) is 0 Å². The second-order valence-corrected chi connectivity index (χ2v) is 4.50. The zero-order valence-corrected chi connectivity index (χ0v) is 11.3. The Bertz CT molecular complexity index is 548. The maximum atomic E-state index is 10.3. The number of halogens is 1. The minimum absolute atomic E-state index is 0.350. The van der Waals surface area contributed by atoms with E-state index < -0.39 is 6.10 Å². The van der Waals surface area contributed by atoms with Crippen LogP contribution in [0.2, 0.25) is 5.15 Å². The van der Waals surface area contributed by atoms with Gasteiger partial charge in [-0.1, -0.05) is 18.5 Å². The molecule has 0 spiro atoms. The molecule has 4 nitrogen and oxygen atoms in total. The van der Waals surface area contributed by atoms with Crippen LogP contribution in [0, 0.1) is 0 Å². The van der Waals surface area contributed by atoms with Crippen LogP contribution >= 0.6 is 11.6 Å². The van der Waals surface area contributed by atoms with Crippen LogP contribution in [0.5, 0.6) is 5.75 Å². The molecule has 0 aromatic carbocycles. The van der Waals surface area contributed by atoms with Crippen molar-refractivity contribution in [3.05, 3.63) is 53.1 Å². The quantitative estimate of drug-likeness (QED) is 0.854. The standard InChI is InChI=1S/C14H15ClN2O2/c1-2-5-19-12-6-11(8-16-9-12)14(18)10-3-4-17-13(15)7-10/h3-4,6-9,14,18H,2,5H2,1H3. The lowest BCUT2D eigenvalue weighted by atomic mass is 10.0. The number of hydrogen-bond donors (Lipinski definition) is 1. The molecule has 2 aromatic rings. The molecule has 100 valence electrons. The molecule has 2 rings (SSSR count). The Morgan fingerprint density at radius 1 is 1.32 bits per heavy atom. The van der Waals surface area contributed by atoms with Crippen molar-refractivity contribution in [2.24, 2.45) is 0 Å². The van der Waals surface area contributed by atoms with Crippen LogP contribution in [0.15, 0.2) is 36.8 Å². The van der Waals surface area contributed by atoms with Gasteiger partial charge in [0.25, 0.3) is 0 Å². The Kier molecular flexibility index (Phi) is 4.71. The van der Waals surface area contributed by atoms with E-state index in [9.17, 15) is 5.11 Å². The Morgan fingerprint density at radius 2 is 2.16 bits per heavy atom. The molecule has 0 saturated heterocycles. The number of ether oxygens (including phenoxy) is 1. The molecule has 0 fully saturated rings. The molecule has 0 saturated carbocycles. The second-order valence-electron chi connectivity index (χ2n) is 4.12. The predicted molar refractivity (Wildman–Crippen MR) is 73.3 cm³/mol. The molecule has 1 atom stereocenters. The number of aliphatic hydroxyl groups is 1. The van der Waals surface area contributed by atoms with Crippen molar-refractivity contribution in [1.29, 1.82) is 0 Å². The van der Waals surface area contributed by atoms with Gasteiger partial charge in [-0.05, 0) is 30.2 Å². The zero-order chi connectivity index (χ0) is 13.7. The first-order chi connectivity index (χ1) is 9.20. The lowest BCUT2D eigenvalue weighted by Gasteiger charge is -2.12. The molecular weight excluding hydrogens is 264 g/mol. The average molecular weight is 279 g/mol. The van der Waals surface area contributed by atoms with E-state index in [0.717, 1.165) is 6.42 Å². The highest BCUT2D eigenvalue weighted by Gasteiger charge is 2.12. The second kappa shape index (κ2) is 6.50. The van der Waals surface area contributed by atoms with Crippen LogP contribution in [-0.4, -0.2) is 21.7 Å². The van der Waals surface area contributed by atoms with Gasteiger partial charge in [0.15, 0.2) is 0 Å². The van der Waals surface area contributed by atoms with E-state index in [2.05, 4.69) is 9.97 Å². The largest absolute Gasteiger partial charge is 0.492 e. The summed E-state index contributed by atoms with van der Waals surface area (Å²) in [5, 5.41) is 10.6. The maximum Gasteiger partial charge on any atom is 0.137 e. The van der Waals surface area contributed by atoms with E-state index in [1.54, 1.807) is 36.8 Å². The van der Waals surface area contributed by atoms with Crippen LogP contribution in [0.3, 0.4) is 0 Å². The highest BCUT2D eigenvalue weighted by atomic mass is 35.5. The lowest BCUT2D eigenvalue weighted by Crippen LogP contribution is -2.02. The minimum atomic E-state index is -0.793. The molecule has 0 aliphatic rings. The normalized spacial score (nSPS) is 12.2. The Morgan fingerprint density at radius 3 is 2.89 bits per heavy atom. The number of aromatic nitrogens is 2. The van der Waals surface area contributed by atoms with Gasteiger partial charge < -0.3 is 9.84 Å². The molecule has 0 amide bonds. The van der Waals surface area contributed by atoms with Gasteiger partial charge in [-0.3, -0.25) is 4.98 Å². The summed E-state index contributed by atoms with van der Waals surface area (Å²) in [5.41, 5.74) is 1.34. The SMILES string of the molecule is CCCOc1cncc(C(O)c2ccnc(Cl)c2)c1. The first-order valence-electron chi connectivity index (χ1n) is 6.08. The first-order valence-corrected chi connectivity index (χ1v) is 6.45. The van der Waals surface area contributed by atoms with Gasteiger partial charge in [0, 0.05) is 18.0 Å². The monoisotopic (exact) mass is 278 g/mol. The molecule has 0 bridgehead atoms. The van der Waals surface area contributed by atoms with Crippen LogP contribution in [0.25, 0.3) is 0 Å². The Labute approximate surface area is 117 Å². The molecule has 0 radical (unpaired) electrons. The van der Waals surface area contributed by atoms with Gasteiger partial charge in [0.05, 0.1) is 12.8 Å². The van der Waals surface area contributed by atoms with E-state index >= 15 is 0 Å². The molecule has 2 aromatic heterocycles. The van der Waals surface area contributed by atoms with Gasteiger partial charge in [0.1, 0.15) is 17.0 Å². The topological polar surface area (TPSA) is 55.2 Å². The zero-order valence-electron chi connectivity index (χ0n) is 10.6. The van der Waals surface area contributed by atoms with Gasteiger partial charge in [-0.2, -0.15) is 0 Å². The van der Waals surface area contributed by atoms with E-state index in [4.69, 9.17) is 16.3 Å². The molecule has 0 aliphatic carbocycles. The summed E-state index contributed by atoms with van der Waals surface area (Å²) >= 11 is 5.81. The van der Waals surface area contributed by atoms with Crippen molar-refractivity contribution in [2.75, 3.05) is 6.61 Å². The Balaban J connectivity index is 2.21. The predicted octanol–water partition coefficient (Wildman–Crippen LogP) is 3.00. The van der Waals surface area contributed by atoms with Crippen molar-refractivity contribution < 1.29 is 9.84 Å². The van der Waals surface area contributed by atoms with Crippen molar-refractivity contribution in [3.8, 4) is 5.75 Å². The van der Waals surface area contributed by atoms with Crippen LogP contribution in [0.1, 0.15) is 30.6 Å². The molecule has 2 heterocycles. The number of rotatable bonds is 5. The van der Waals surface area contributed by atoms with E-state index in [1.165, 1.54) is 0 Å². The summed E-state index contributed by atoms with van der Waals surface area (Å²) in [5.74, 6) is 0.651. The minimum Gasteiger partial charge on any atom is -0.492 e. The van der Waals surface area contributed by atoms with Gasteiger partial charge in [-0.15, -0.1) is 0 Å². The van der Waals surface area contributed by atoms with Crippen molar-refractivity contribution in [1.82, 2.24) is 9.97 Å². The van der Waals surface area contributed by atoms with E-state index in [-0.39, 0.29) is 0 Å². The third kappa shape index (κ3) is 3.66. The van der Waals surface area contributed by atoms with E-state index in [0.29, 0.717) is 28.6 Å². The summed E-state index contributed by atoms with van der Waals surface area (Å²) < 4.78 is 5.49. The first kappa shape index (κ1) is 13.8. The molecule has 0 aliphatic heterocycles. The van der Waals surface area contributed by atoms with Gasteiger partial charge in [-0.25, -0.2) is 4.98 Å². The summed E-state index contributed by atoms with van der Waals surface area (Å²) in [6.45, 7) is 2.66.